The molecule has 1 heterocycles. The normalized spacial score (nSPS) is 12.9. The summed E-state index contributed by atoms with van der Waals surface area (Å²) in [6.45, 7) is 1.63. The van der Waals surface area contributed by atoms with Crippen molar-refractivity contribution in [3.8, 4) is 0 Å². The second-order valence-corrected chi connectivity index (χ2v) is 5.16. The van der Waals surface area contributed by atoms with Gasteiger partial charge in [0, 0.05) is 12.7 Å². The number of benzene rings is 1. The van der Waals surface area contributed by atoms with E-state index in [1.807, 2.05) is 6.92 Å². The predicted octanol–water partition coefficient (Wildman–Crippen LogP) is 2.06. The summed E-state index contributed by atoms with van der Waals surface area (Å²) >= 11 is 0. The van der Waals surface area contributed by atoms with Gasteiger partial charge in [0.2, 0.25) is 5.91 Å². The highest BCUT2D eigenvalue weighted by atomic mass is 19.4. The van der Waals surface area contributed by atoms with Crippen LogP contribution in [0.2, 0.25) is 0 Å². The molecule has 0 radical (unpaired) electrons. The van der Waals surface area contributed by atoms with Crippen LogP contribution in [0, 0.1) is 6.92 Å². The summed E-state index contributed by atoms with van der Waals surface area (Å²) in [4.78, 5) is 11.7. The standard InChI is InChI=1S/C15H16F3N3O2/c1-10-6-20-21(8-10)9-14(23)19-7-13(22)11-3-2-4-12(5-11)15(16,17)18/h2-6,8,13,22H,7,9H2,1H3,(H,19,23)/t13-/m0/s1. The van der Waals surface area contributed by atoms with Gasteiger partial charge in [-0.15, -0.1) is 0 Å². The van der Waals surface area contributed by atoms with Crippen LogP contribution in [-0.4, -0.2) is 27.3 Å². The van der Waals surface area contributed by atoms with Gasteiger partial charge in [-0.3, -0.25) is 9.48 Å². The Morgan fingerprint density at radius 3 is 2.78 bits per heavy atom. The molecular weight excluding hydrogens is 311 g/mol. The topological polar surface area (TPSA) is 67.2 Å². The predicted molar refractivity (Wildman–Crippen MR) is 76.4 cm³/mol. The maximum atomic E-state index is 12.6. The molecule has 0 fully saturated rings. The number of aliphatic hydroxyl groups excluding tert-OH is 1. The van der Waals surface area contributed by atoms with Crippen molar-refractivity contribution in [2.24, 2.45) is 0 Å². The fraction of sp³-hybridized carbons (Fsp3) is 0.333. The molecule has 124 valence electrons. The van der Waals surface area contributed by atoms with E-state index in [0.29, 0.717) is 0 Å². The number of hydrogen-bond donors (Lipinski definition) is 2. The molecular formula is C15H16F3N3O2. The molecule has 0 saturated heterocycles. The first-order valence-electron chi connectivity index (χ1n) is 6.86. The van der Waals surface area contributed by atoms with Gasteiger partial charge < -0.3 is 10.4 Å². The fourth-order valence-corrected chi connectivity index (χ4v) is 2.01. The molecule has 8 heteroatoms. The van der Waals surface area contributed by atoms with Gasteiger partial charge in [-0.05, 0) is 30.2 Å². The molecule has 1 aromatic carbocycles. The van der Waals surface area contributed by atoms with Crippen LogP contribution in [0.5, 0.6) is 0 Å². The van der Waals surface area contributed by atoms with Gasteiger partial charge in [-0.1, -0.05) is 12.1 Å². The lowest BCUT2D eigenvalue weighted by Gasteiger charge is -2.14. The first-order chi connectivity index (χ1) is 10.8. The minimum absolute atomic E-state index is 0.0247. The minimum atomic E-state index is -4.48. The lowest BCUT2D eigenvalue weighted by atomic mass is 10.1. The zero-order valence-electron chi connectivity index (χ0n) is 12.3. The summed E-state index contributed by atoms with van der Waals surface area (Å²) in [6.07, 6.45) is -2.41. The van der Waals surface area contributed by atoms with E-state index in [4.69, 9.17) is 0 Å². The third kappa shape index (κ3) is 4.82. The Hall–Kier alpha value is -2.35. The lowest BCUT2D eigenvalue weighted by Crippen LogP contribution is -2.31. The fourth-order valence-electron chi connectivity index (χ4n) is 2.01. The highest BCUT2D eigenvalue weighted by Gasteiger charge is 2.30. The van der Waals surface area contributed by atoms with Crippen molar-refractivity contribution < 1.29 is 23.1 Å². The Balaban J connectivity index is 1.91. The van der Waals surface area contributed by atoms with Gasteiger partial charge in [-0.2, -0.15) is 18.3 Å². The van der Waals surface area contributed by atoms with Crippen LogP contribution < -0.4 is 5.32 Å². The van der Waals surface area contributed by atoms with Crippen LogP contribution >= 0.6 is 0 Å². The summed E-state index contributed by atoms with van der Waals surface area (Å²) in [5.41, 5.74) is 0.157. The van der Waals surface area contributed by atoms with Crippen molar-refractivity contribution in [3.05, 3.63) is 53.3 Å². The summed E-state index contributed by atoms with van der Waals surface area (Å²) in [7, 11) is 0. The quantitative estimate of drug-likeness (QED) is 0.883. The molecule has 2 aromatic rings. The first kappa shape index (κ1) is 17.0. The number of aryl methyl sites for hydroxylation is 1. The van der Waals surface area contributed by atoms with Crippen molar-refractivity contribution in [2.45, 2.75) is 25.7 Å². The lowest BCUT2D eigenvalue weighted by molar-refractivity contribution is -0.137. The SMILES string of the molecule is Cc1cnn(CC(=O)NC[C@H](O)c2cccc(C(F)(F)F)c2)c1. The van der Waals surface area contributed by atoms with Crippen LogP contribution in [-0.2, 0) is 17.5 Å². The van der Waals surface area contributed by atoms with Crippen LogP contribution in [0.15, 0.2) is 36.7 Å². The van der Waals surface area contributed by atoms with Crippen molar-refractivity contribution in [3.63, 3.8) is 0 Å². The van der Waals surface area contributed by atoms with E-state index in [9.17, 15) is 23.1 Å². The van der Waals surface area contributed by atoms with Crippen LogP contribution in [0.4, 0.5) is 13.2 Å². The number of amides is 1. The molecule has 0 unspecified atom stereocenters. The maximum Gasteiger partial charge on any atom is 0.416 e. The zero-order chi connectivity index (χ0) is 17.0. The van der Waals surface area contributed by atoms with E-state index < -0.39 is 17.8 Å². The van der Waals surface area contributed by atoms with Gasteiger partial charge in [0.1, 0.15) is 6.54 Å². The van der Waals surface area contributed by atoms with Crippen molar-refractivity contribution in [1.82, 2.24) is 15.1 Å². The number of alkyl halides is 3. The van der Waals surface area contributed by atoms with Gasteiger partial charge in [0.05, 0.1) is 17.9 Å². The number of rotatable bonds is 5. The average molecular weight is 327 g/mol. The highest BCUT2D eigenvalue weighted by molar-refractivity contribution is 5.75. The first-order valence-corrected chi connectivity index (χ1v) is 6.86. The molecule has 1 atom stereocenters. The van der Waals surface area contributed by atoms with Crippen LogP contribution in [0.25, 0.3) is 0 Å². The number of carbonyl (C=O) groups excluding carboxylic acids is 1. The molecule has 2 rings (SSSR count). The van der Waals surface area contributed by atoms with E-state index >= 15 is 0 Å². The number of aromatic nitrogens is 2. The molecule has 5 nitrogen and oxygen atoms in total. The third-order valence-corrected chi connectivity index (χ3v) is 3.16. The van der Waals surface area contributed by atoms with Crippen molar-refractivity contribution in [1.29, 1.82) is 0 Å². The van der Waals surface area contributed by atoms with Crippen molar-refractivity contribution in [2.75, 3.05) is 6.54 Å². The number of carbonyl (C=O) groups is 1. The largest absolute Gasteiger partial charge is 0.416 e. The van der Waals surface area contributed by atoms with Gasteiger partial charge in [-0.25, -0.2) is 0 Å². The van der Waals surface area contributed by atoms with E-state index in [2.05, 4.69) is 10.4 Å². The summed E-state index contributed by atoms with van der Waals surface area (Å²) in [6, 6.07) is 4.39. The second-order valence-electron chi connectivity index (χ2n) is 5.16. The highest BCUT2D eigenvalue weighted by Crippen LogP contribution is 2.30. The zero-order valence-corrected chi connectivity index (χ0v) is 12.3. The number of halogens is 3. The third-order valence-electron chi connectivity index (χ3n) is 3.16. The monoisotopic (exact) mass is 327 g/mol. The molecule has 0 bridgehead atoms. The number of hydrogen-bond acceptors (Lipinski definition) is 3. The van der Waals surface area contributed by atoms with Gasteiger partial charge in [0.15, 0.2) is 0 Å². The van der Waals surface area contributed by atoms with Gasteiger partial charge in [0.25, 0.3) is 0 Å². The number of nitrogens with zero attached hydrogens (tertiary/aromatic N) is 2. The average Bonchev–Trinajstić information content (AvgIpc) is 2.89. The Bertz CT molecular complexity index is 683. The maximum absolute atomic E-state index is 12.6. The molecule has 0 aliphatic carbocycles. The van der Waals surface area contributed by atoms with Crippen LogP contribution in [0.1, 0.15) is 22.8 Å². The van der Waals surface area contributed by atoms with E-state index in [0.717, 1.165) is 17.7 Å². The number of aliphatic hydroxyl groups is 1. The molecule has 0 aliphatic rings. The number of nitrogens with one attached hydrogen (secondary N) is 1. The summed E-state index contributed by atoms with van der Waals surface area (Å²) in [5, 5.41) is 16.3. The molecule has 0 spiro atoms. The second kappa shape index (κ2) is 6.82. The summed E-state index contributed by atoms with van der Waals surface area (Å²) < 4.78 is 39.3. The molecule has 1 aromatic heterocycles. The van der Waals surface area contributed by atoms with Gasteiger partial charge >= 0.3 is 6.18 Å². The Morgan fingerprint density at radius 2 is 2.17 bits per heavy atom. The Labute approximate surface area is 130 Å². The molecule has 0 aliphatic heterocycles. The van der Waals surface area contributed by atoms with Crippen LogP contribution in [0.3, 0.4) is 0 Å². The van der Waals surface area contributed by atoms with E-state index in [-0.39, 0.29) is 24.6 Å². The van der Waals surface area contributed by atoms with Crippen molar-refractivity contribution >= 4 is 5.91 Å². The summed E-state index contributed by atoms with van der Waals surface area (Å²) in [5.74, 6) is -0.390. The molecule has 0 saturated carbocycles. The molecule has 2 N–H and O–H groups in total. The minimum Gasteiger partial charge on any atom is -0.387 e. The Morgan fingerprint density at radius 1 is 1.43 bits per heavy atom. The smallest absolute Gasteiger partial charge is 0.387 e. The molecule has 23 heavy (non-hydrogen) atoms. The van der Waals surface area contributed by atoms with E-state index in [1.165, 1.54) is 16.8 Å². The van der Waals surface area contributed by atoms with E-state index in [1.54, 1.807) is 12.4 Å². The Kier molecular flexibility index (Phi) is 5.05. The molecule has 1 amide bonds.